The Labute approximate surface area is 221 Å². The third-order valence-electron chi connectivity index (χ3n) is 4.89. The standard InChI is InChI=1S/C22H32ClFN4O7.C2H6/c1-5-8-9-10-34-19-16-18(26-22(23)27-19)28(13-25-16)15(24)11-14(31-4)12-35-17(20(29)32-6-2)21(30)33-7-3;1-2/h13-15,17H,5-12H2,1-4H3;1-2H3. The highest BCUT2D eigenvalue weighted by Crippen LogP contribution is 2.28. The molecular weight excluding hydrogens is 511 g/mol. The molecule has 0 spiro atoms. The van der Waals surface area contributed by atoms with Gasteiger partial charge in [0.25, 0.3) is 6.10 Å². The van der Waals surface area contributed by atoms with Crippen LogP contribution in [0.3, 0.4) is 0 Å². The molecule has 210 valence electrons. The van der Waals surface area contributed by atoms with Crippen LogP contribution in [0.2, 0.25) is 5.28 Å². The molecule has 0 aliphatic carbocycles. The molecule has 13 heteroatoms. The van der Waals surface area contributed by atoms with Crippen molar-refractivity contribution in [2.24, 2.45) is 0 Å². The number of carbonyl (C=O) groups excluding carboxylic acids is 2. The van der Waals surface area contributed by atoms with E-state index in [4.69, 9.17) is 35.3 Å². The predicted molar refractivity (Wildman–Crippen MR) is 135 cm³/mol. The van der Waals surface area contributed by atoms with Crippen molar-refractivity contribution < 1.29 is 37.7 Å². The zero-order chi connectivity index (χ0) is 27.8. The molecule has 0 bridgehead atoms. The summed E-state index contributed by atoms with van der Waals surface area (Å²) in [6.07, 6.45) is -0.129. The summed E-state index contributed by atoms with van der Waals surface area (Å²) in [5.74, 6) is -1.60. The first kappa shape index (κ1) is 32.5. The number of aromatic nitrogens is 4. The van der Waals surface area contributed by atoms with Crippen LogP contribution in [-0.2, 0) is 28.5 Å². The van der Waals surface area contributed by atoms with E-state index in [-0.39, 0.29) is 48.6 Å². The SMILES string of the molecule is CC.CCCCCOc1nc(Cl)nc2c1ncn2C(F)CC(COC(C(=O)OCC)C(=O)OCC)OC. The fourth-order valence-electron chi connectivity index (χ4n) is 3.13. The lowest BCUT2D eigenvalue weighted by Crippen LogP contribution is -2.38. The van der Waals surface area contributed by atoms with Crippen LogP contribution in [0, 0.1) is 0 Å². The Kier molecular flexibility index (Phi) is 15.6. The van der Waals surface area contributed by atoms with E-state index in [1.807, 2.05) is 13.8 Å². The number of unbranched alkanes of at least 4 members (excludes halogenated alkanes) is 2. The Balaban J connectivity index is 0.00000334. The Bertz CT molecular complexity index is 945. The average Bonchev–Trinajstić information content (AvgIpc) is 3.31. The minimum absolute atomic E-state index is 0.0563. The third-order valence-corrected chi connectivity index (χ3v) is 5.06. The zero-order valence-corrected chi connectivity index (χ0v) is 23.1. The average molecular weight is 549 g/mol. The second kappa shape index (κ2) is 17.8. The maximum atomic E-state index is 15.3. The smallest absolute Gasteiger partial charge is 0.347 e. The number of imidazole rings is 1. The topological polar surface area (TPSA) is 124 Å². The summed E-state index contributed by atoms with van der Waals surface area (Å²) < 4.78 is 42.6. The van der Waals surface area contributed by atoms with Crippen LogP contribution in [0.5, 0.6) is 5.88 Å². The number of alkyl halides is 1. The van der Waals surface area contributed by atoms with Gasteiger partial charge in [0, 0.05) is 13.5 Å². The van der Waals surface area contributed by atoms with E-state index in [0.29, 0.717) is 6.61 Å². The summed E-state index contributed by atoms with van der Waals surface area (Å²) in [5.41, 5.74) is 0.443. The van der Waals surface area contributed by atoms with Gasteiger partial charge >= 0.3 is 11.9 Å². The number of halogens is 2. The van der Waals surface area contributed by atoms with Crippen LogP contribution in [0.15, 0.2) is 6.33 Å². The van der Waals surface area contributed by atoms with E-state index >= 15 is 4.39 Å². The molecule has 0 N–H and O–H groups in total. The quantitative estimate of drug-likeness (QED) is 0.128. The number of esters is 2. The molecule has 2 atom stereocenters. The molecule has 0 saturated carbocycles. The number of rotatable bonds is 16. The summed E-state index contributed by atoms with van der Waals surface area (Å²) in [5, 5.41) is -0.102. The van der Waals surface area contributed by atoms with Gasteiger partial charge in [-0.1, -0.05) is 33.6 Å². The molecule has 2 aromatic rings. The summed E-state index contributed by atoms with van der Waals surface area (Å²) in [7, 11) is 1.36. The Morgan fingerprint density at radius 3 is 2.30 bits per heavy atom. The number of fused-ring (bicyclic) bond motifs is 1. The summed E-state index contributed by atoms with van der Waals surface area (Å²) in [6, 6.07) is 0. The molecular formula is C24H38ClFN4O7. The Morgan fingerprint density at radius 2 is 1.73 bits per heavy atom. The highest BCUT2D eigenvalue weighted by Gasteiger charge is 2.32. The molecule has 2 unspecified atom stereocenters. The predicted octanol–water partition coefficient (Wildman–Crippen LogP) is 4.46. The lowest BCUT2D eigenvalue weighted by Gasteiger charge is -2.21. The van der Waals surface area contributed by atoms with Crippen molar-refractivity contribution in [2.75, 3.05) is 33.5 Å². The first-order valence-corrected chi connectivity index (χ1v) is 12.9. The monoisotopic (exact) mass is 548 g/mol. The Morgan fingerprint density at radius 1 is 1.08 bits per heavy atom. The zero-order valence-electron chi connectivity index (χ0n) is 22.4. The van der Waals surface area contributed by atoms with E-state index in [0.717, 1.165) is 19.3 Å². The van der Waals surface area contributed by atoms with Gasteiger partial charge in [0.2, 0.25) is 11.2 Å². The molecule has 0 aliphatic rings. The van der Waals surface area contributed by atoms with Gasteiger partial charge in [-0.3, -0.25) is 4.57 Å². The summed E-state index contributed by atoms with van der Waals surface area (Å²) in [6.45, 7) is 9.54. The molecule has 0 aliphatic heterocycles. The van der Waals surface area contributed by atoms with Gasteiger partial charge < -0.3 is 23.7 Å². The largest absolute Gasteiger partial charge is 0.476 e. The van der Waals surface area contributed by atoms with Gasteiger partial charge in [0.15, 0.2) is 17.5 Å². The van der Waals surface area contributed by atoms with Gasteiger partial charge in [-0.05, 0) is 31.9 Å². The summed E-state index contributed by atoms with van der Waals surface area (Å²) >= 11 is 6.03. The maximum absolute atomic E-state index is 15.3. The Hall–Kier alpha value is -2.57. The van der Waals surface area contributed by atoms with Crippen LogP contribution in [-0.4, -0.2) is 77.2 Å². The van der Waals surface area contributed by atoms with Crippen molar-refractivity contribution in [3.05, 3.63) is 11.6 Å². The molecule has 2 heterocycles. The maximum Gasteiger partial charge on any atom is 0.347 e. The lowest BCUT2D eigenvalue weighted by molar-refractivity contribution is -0.175. The first-order valence-electron chi connectivity index (χ1n) is 12.5. The van der Waals surface area contributed by atoms with Gasteiger partial charge in [-0.2, -0.15) is 9.97 Å². The molecule has 0 amide bonds. The number of nitrogens with zero attached hydrogens (tertiary/aromatic N) is 4. The number of hydrogen-bond donors (Lipinski definition) is 0. The van der Waals surface area contributed by atoms with Crippen molar-refractivity contribution in [2.45, 2.75) is 78.8 Å². The number of carbonyl (C=O) groups is 2. The summed E-state index contributed by atoms with van der Waals surface area (Å²) in [4.78, 5) is 36.5. The molecule has 2 rings (SSSR count). The van der Waals surface area contributed by atoms with Crippen LogP contribution in [0.4, 0.5) is 4.39 Å². The fraction of sp³-hybridized carbons (Fsp3) is 0.708. The van der Waals surface area contributed by atoms with Crippen molar-refractivity contribution in [3.63, 3.8) is 0 Å². The van der Waals surface area contributed by atoms with E-state index in [9.17, 15) is 9.59 Å². The van der Waals surface area contributed by atoms with Crippen LogP contribution < -0.4 is 4.74 Å². The van der Waals surface area contributed by atoms with Crippen molar-refractivity contribution >= 4 is 34.7 Å². The molecule has 0 radical (unpaired) electrons. The molecule has 0 aromatic carbocycles. The minimum Gasteiger partial charge on any atom is -0.476 e. The number of ether oxygens (including phenoxy) is 5. The second-order valence-electron chi connectivity index (χ2n) is 7.42. The van der Waals surface area contributed by atoms with Gasteiger partial charge in [-0.25, -0.2) is 19.0 Å². The van der Waals surface area contributed by atoms with Crippen LogP contribution in [0.25, 0.3) is 11.2 Å². The van der Waals surface area contributed by atoms with Crippen LogP contribution >= 0.6 is 11.6 Å². The highest BCUT2D eigenvalue weighted by molar-refractivity contribution is 6.28. The van der Waals surface area contributed by atoms with Crippen molar-refractivity contribution in [1.29, 1.82) is 0 Å². The van der Waals surface area contributed by atoms with Gasteiger partial charge in [-0.15, -0.1) is 0 Å². The first-order chi connectivity index (χ1) is 17.9. The van der Waals surface area contributed by atoms with Gasteiger partial charge in [0.05, 0.1) is 38.9 Å². The van der Waals surface area contributed by atoms with E-state index in [2.05, 4.69) is 21.9 Å². The molecule has 0 saturated heterocycles. The van der Waals surface area contributed by atoms with Gasteiger partial charge in [0.1, 0.15) is 0 Å². The minimum atomic E-state index is -1.64. The van der Waals surface area contributed by atoms with Crippen molar-refractivity contribution in [1.82, 2.24) is 19.5 Å². The normalized spacial score (nSPS) is 12.6. The molecule has 2 aromatic heterocycles. The highest BCUT2D eigenvalue weighted by atomic mass is 35.5. The van der Waals surface area contributed by atoms with Crippen molar-refractivity contribution in [3.8, 4) is 5.88 Å². The molecule has 37 heavy (non-hydrogen) atoms. The number of hydrogen-bond acceptors (Lipinski definition) is 10. The lowest BCUT2D eigenvalue weighted by atomic mass is 10.2. The second-order valence-corrected chi connectivity index (χ2v) is 7.76. The van der Waals surface area contributed by atoms with E-state index < -0.39 is 30.4 Å². The molecule has 11 nitrogen and oxygen atoms in total. The number of methoxy groups -OCH3 is 1. The molecule has 0 fully saturated rings. The van der Waals surface area contributed by atoms with Crippen LogP contribution in [0.1, 0.15) is 66.6 Å². The van der Waals surface area contributed by atoms with E-state index in [1.165, 1.54) is 18.0 Å². The fourth-order valence-corrected chi connectivity index (χ4v) is 3.28. The third kappa shape index (κ3) is 10.0. The van der Waals surface area contributed by atoms with E-state index in [1.54, 1.807) is 13.8 Å².